The van der Waals surface area contributed by atoms with Crippen LogP contribution >= 0.6 is 0 Å². The summed E-state index contributed by atoms with van der Waals surface area (Å²) in [4.78, 5) is 24.4. The minimum absolute atomic E-state index is 0.0369. The van der Waals surface area contributed by atoms with Crippen LogP contribution in [0.2, 0.25) is 0 Å². The molecule has 5 rings (SSSR count). The van der Waals surface area contributed by atoms with Gasteiger partial charge in [0.1, 0.15) is 11.5 Å². The first-order chi connectivity index (χ1) is 15.2. The summed E-state index contributed by atoms with van der Waals surface area (Å²) in [6, 6.07) is 23.9. The minimum Gasteiger partial charge on any atom is -0.337 e. The zero-order valence-electron chi connectivity index (χ0n) is 17.0. The molecular formula is C26H22FN3O. The average Bonchev–Trinajstić information content (AvgIpc) is 2.84. The maximum Gasteiger partial charge on any atom is 0.272 e. The summed E-state index contributed by atoms with van der Waals surface area (Å²) in [7, 11) is 0. The Morgan fingerprint density at radius 1 is 0.903 bits per heavy atom. The molecule has 0 radical (unpaired) electrons. The van der Waals surface area contributed by atoms with E-state index in [0.717, 1.165) is 47.2 Å². The Bertz CT molecular complexity index is 1240. The van der Waals surface area contributed by atoms with Gasteiger partial charge in [0.15, 0.2) is 0 Å². The number of aromatic nitrogens is 2. The molecule has 1 atom stereocenters. The van der Waals surface area contributed by atoms with Gasteiger partial charge in [-0.05, 0) is 61.4 Å². The minimum atomic E-state index is -0.261. The molecule has 1 saturated heterocycles. The van der Waals surface area contributed by atoms with Crippen LogP contribution in [0.3, 0.4) is 0 Å². The molecule has 0 N–H and O–H groups in total. The second-order valence-electron chi connectivity index (χ2n) is 7.93. The van der Waals surface area contributed by atoms with Gasteiger partial charge in [-0.2, -0.15) is 0 Å². The molecule has 2 aromatic heterocycles. The maximum atomic E-state index is 13.3. The van der Waals surface area contributed by atoms with Gasteiger partial charge in [-0.15, -0.1) is 0 Å². The fourth-order valence-corrected chi connectivity index (χ4v) is 4.21. The maximum absolute atomic E-state index is 13.3. The lowest BCUT2D eigenvalue weighted by Gasteiger charge is -2.32. The van der Waals surface area contributed by atoms with Crippen molar-refractivity contribution < 1.29 is 9.18 Å². The Morgan fingerprint density at radius 2 is 1.74 bits per heavy atom. The Balaban J connectivity index is 1.37. The molecule has 1 aliphatic rings. The molecule has 0 aliphatic carbocycles. The van der Waals surface area contributed by atoms with Crippen molar-refractivity contribution in [2.75, 3.05) is 13.1 Å². The molecule has 1 amide bonds. The smallest absolute Gasteiger partial charge is 0.272 e. The standard InChI is InChI=1S/C26H22FN3O/c27-21-13-10-19(11-14-21)23-8-3-9-24(28-23)20-6-4-16-30(17-20)26(31)25-15-12-18-5-1-2-7-22(18)29-25/h1-3,5,7-15,20H,4,6,16-17H2. The average molecular weight is 411 g/mol. The third-order valence-corrected chi connectivity index (χ3v) is 5.86. The predicted molar refractivity (Wildman–Crippen MR) is 119 cm³/mol. The highest BCUT2D eigenvalue weighted by molar-refractivity contribution is 5.95. The number of piperidine rings is 1. The van der Waals surface area contributed by atoms with Crippen LogP contribution in [0.4, 0.5) is 4.39 Å². The van der Waals surface area contributed by atoms with E-state index in [1.54, 1.807) is 12.1 Å². The zero-order chi connectivity index (χ0) is 21.2. The number of benzene rings is 2. The number of hydrogen-bond donors (Lipinski definition) is 0. The molecule has 3 heterocycles. The van der Waals surface area contributed by atoms with E-state index in [-0.39, 0.29) is 17.6 Å². The molecule has 31 heavy (non-hydrogen) atoms. The number of halogens is 1. The molecule has 1 fully saturated rings. The molecule has 1 unspecified atom stereocenters. The number of para-hydroxylation sites is 1. The van der Waals surface area contributed by atoms with Crippen molar-refractivity contribution in [3.63, 3.8) is 0 Å². The summed E-state index contributed by atoms with van der Waals surface area (Å²) in [6.07, 6.45) is 1.90. The summed E-state index contributed by atoms with van der Waals surface area (Å²) in [5.41, 5.74) is 3.97. The van der Waals surface area contributed by atoms with Gasteiger partial charge < -0.3 is 4.90 Å². The molecule has 154 valence electrons. The summed E-state index contributed by atoms with van der Waals surface area (Å²) >= 11 is 0. The SMILES string of the molecule is O=C(c1ccc2ccccc2n1)N1CCCC(c2cccc(-c3ccc(F)cc3)n2)C1. The van der Waals surface area contributed by atoms with Gasteiger partial charge in [-0.3, -0.25) is 9.78 Å². The number of carbonyl (C=O) groups excluding carboxylic acids is 1. The van der Waals surface area contributed by atoms with Gasteiger partial charge in [0.2, 0.25) is 0 Å². The van der Waals surface area contributed by atoms with E-state index >= 15 is 0 Å². The molecule has 0 saturated carbocycles. The van der Waals surface area contributed by atoms with Crippen molar-refractivity contribution in [1.82, 2.24) is 14.9 Å². The number of pyridine rings is 2. The van der Waals surface area contributed by atoms with Gasteiger partial charge in [0.25, 0.3) is 5.91 Å². The summed E-state index contributed by atoms with van der Waals surface area (Å²) < 4.78 is 13.3. The van der Waals surface area contributed by atoms with Gasteiger partial charge in [0, 0.05) is 35.7 Å². The Morgan fingerprint density at radius 3 is 2.61 bits per heavy atom. The number of likely N-dealkylation sites (tertiary alicyclic amines) is 1. The van der Waals surface area contributed by atoms with Crippen molar-refractivity contribution in [2.24, 2.45) is 0 Å². The number of rotatable bonds is 3. The van der Waals surface area contributed by atoms with Gasteiger partial charge in [-0.25, -0.2) is 9.37 Å². The lowest BCUT2D eigenvalue weighted by atomic mass is 9.93. The summed E-state index contributed by atoms with van der Waals surface area (Å²) in [5, 5.41) is 1.03. The van der Waals surface area contributed by atoms with E-state index in [9.17, 15) is 9.18 Å². The lowest BCUT2D eigenvalue weighted by Crippen LogP contribution is -2.39. The molecule has 1 aliphatic heterocycles. The monoisotopic (exact) mass is 411 g/mol. The zero-order valence-corrected chi connectivity index (χ0v) is 17.0. The van der Waals surface area contributed by atoms with E-state index in [1.807, 2.05) is 59.5 Å². The first kappa shape index (κ1) is 19.4. The number of hydrogen-bond acceptors (Lipinski definition) is 3. The van der Waals surface area contributed by atoms with E-state index in [2.05, 4.69) is 4.98 Å². The number of nitrogens with zero attached hydrogens (tertiary/aromatic N) is 3. The van der Waals surface area contributed by atoms with E-state index in [0.29, 0.717) is 12.2 Å². The van der Waals surface area contributed by atoms with Crippen molar-refractivity contribution >= 4 is 16.8 Å². The fraction of sp³-hybridized carbons (Fsp3) is 0.192. The fourth-order valence-electron chi connectivity index (χ4n) is 4.21. The van der Waals surface area contributed by atoms with E-state index in [1.165, 1.54) is 12.1 Å². The van der Waals surface area contributed by atoms with Crippen LogP contribution in [-0.4, -0.2) is 33.9 Å². The van der Waals surface area contributed by atoms with Gasteiger partial charge in [-0.1, -0.05) is 30.3 Å². The molecule has 0 spiro atoms. The van der Waals surface area contributed by atoms with Crippen LogP contribution in [0.1, 0.15) is 34.9 Å². The second-order valence-corrected chi connectivity index (χ2v) is 7.93. The van der Waals surface area contributed by atoms with Crippen LogP contribution in [-0.2, 0) is 0 Å². The molecule has 4 nitrogen and oxygen atoms in total. The molecule has 2 aromatic carbocycles. The highest BCUT2D eigenvalue weighted by Gasteiger charge is 2.27. The predicted octanol–water partition coefficient (Wildman–Crippen LogP) is 5.46. The van der Waals surface area contributed by atoms with Crippen molar-refractivity contribution in [2.45, 2.75) is 18.8 Å². The van der Waals surface area contributed by atoms with Gasteiger partial charge >= 0.3 is 0 Å². The van der Waals surface area contributed by atoms with Crippen LogP contribution in [0, 0.1) is 5.82 Å². The molecule has 4 aromatic rings. The topological polar surface area (TPSA) is 46.1 Å². The molecular weight excluding hydrogens is 389 g/mol. The van der Waals surface area contributed by atoms with Crippen molar-refractivity contribution in [1.29, 1.82) is 0 Å². The Labute approximate surface area is 180 Å². The van der Waals surface area contributed by atoms with Crippen LogP contribution in [0.15, 0.2) is 78.9 Å². The summed E-state index contributed by atoms with van der Waals surface area (Å²) in [6.45, 7) is 1.34. The van der Waals surface area contributed by atoms with Crippen molar-refractivity contribution in [3.05, 3.63) is 96.1 Å². The first-order valence-corrected chi connectivity index (χ1v) is 10.6. The molecule has 5 heteroatoms. The van der Waals surface area contributed by atoms with E-state index < -0.39 is 0 Å². The second kappa shape index (κ2) is 8.26. The van der Waals surface area contributed by atoms with Crippen LogP contribution < -0.4 is 0 Å². The Kier molecular flexibility index (Phi) is 5.16. The first-order valence-electron chi connectivity index (χ1n) is 10.6. The number of fused-ring (bicyclic) bond motifs is 1. The van der Waals surface area contributed by atoms with E-state index in [4.69, 9.17) is 4.98 Å². The quantitative estimate of drug-likeness (QED) is 0.450. The summed E-state index contributed by atoms with van der Waals surface area (Å²) in [5.74, 6) is -0.132. The third kappa shape index (κ3) is 4.04. The van der Waals surface area contributed by atoms with Crippen LogP contribution in [0.5, 0.6) is 0 Å². The highest BCUT2D eigenvalue weighted by Crippen LogP contribution is 2.28. The number of amides is 1. The highest BCUT2D eigenvalue weighted by atomic mass is 19.1. The van der Waals surface area contributed by atoms with Crippen LogP contribution in [0.25, 0.3) is 22.2 Å². The third-order valence-electron chi connectivity index (χ3n) is 5.86. The Hall–Kier alpha value is -3.60. The van der Waals surface area contributed by atoms with Gasteiger partial charge in [0.05, 0.1) is 11.2 Å². The normalized spacial score (nSPS) is 16.4. The number of carbonyl (C=O) groups is 1. The van der Waals surface area contributed by atoms with Crippen molar-refractivity contribution in [3.8, 4) is 11.3 Å². The lowest BCUT2D eigenvalue weighted by molar-refractivity contribution is 0.0700. The molecule has 0 bridgehead atoms. The largest absolute Gasteiger partial charge is 0.337 e.